The Kier molecular flexibility index (Phi) is 4.25. The summed E-state index contributed by atoms with van der Waals surface area (Å²) < 4.78 is 26.9. The number of aromatic nitrogens is 3. The number of rotatable bonds is 4. The summed E-state index contributed by atoms with van der Waals surface area (Å²) in [5.41, 5.74) is 0.174. The maximum atomic E-state index is 12.5. The zero-order chi connectivity index (χ0) is 14.0. The Morgan fingerprint density at radius 3 is 2.89 bits per heavy atom. The van der Waals surface area contributed by atoms with Crippen molar-refractivity contribution in [3.05, 3.63) is 27.4 Å². The van der Waals surface area contributed by atoms with Gasteiger partial charge in [-0.25, -0.2) is 13.8 Å². The van der Waals surface area contributed by atoms with Gasteiger partial charge < -0.3 is 5.32 Å². The second-order valence-corrected chi connectivity index (χ2v) is 6.10. The van der Waals surface area contributed by atoms with Gasteiger partial charge in [-0.15, -0.1) is 0 Å². The van der Waals surface area contributed by atoms with Crippen LogP contribution >= 0.6 is 27.3 Å². The smallest absolute Gasteiger partial charge is 0.282 e. The van der Waals surface area contributed by atoms with Crippen molar-refractivity contribution >= 4 is 38.3 Å². The van der Waals surface area contributed by atoms with Gasteiger partial charge in [-0.05, 0) is 28.9 Å². The van der Waals surface area contributed by atoms with Crippen molar-refractivity contribution < 1.29 is 13.6 Å². The zero-order valence-corrected chi connectivity index (χ0v) is 12.1. The van der Waals surface area contributed by atoms with Crippen molar-refractivity contribution in [1.82, 2.24) is 14.8 Å². The third-order valence-electron chi connectivity index (χ3n) is 2.24. The van der Waals surface area contributed by atoms with Crippen LogP contribution < -0.4 is 5.32 Å². The highest BCUT2D eigenvalue weighted by Gasteiger charge is 2.15. The van der Waals surface area contributed by atoms with Gasteiger partial charge in [0.1, 0.15) is 12.2 Å². The third kappa shape index (κ3) is 3.57. The molecule has 0 atom stereocenters. The molecular formula is C10H9BrF2N4OS. The molecule has 2 aromatic heterocycles. The van der Waals surface area contributed by atoms with Crippen LogP contribution in [0.5, 0.6) is 0 Å². The predicted octanol–water partition coefficient (Wildman–Crippen LogP) is 2.99. The molecule has 2 heterocycles. The molecule has 0 bridgehead atoms. The fourth-order valence-corrected chi connectivity index (χ4v) is 2.53. The highest BCUT2D eigenvalue weighted by Crippen LogP contribution is 2.23. The third-order valence-corrected chi connectivity index (χ3v) is 3.63. The molecule has 9 heteroatoms. The van der Waals surface area contributed by atoms with E-state index in [1.807, 2.05) is 0 Å². The van der Waals surface area contributed by atoms with E-state index in [9.17, 15) is 13.6 Å². The fourth-order valence-electron chi connectivity index (χ4n) is 1.41. The maximum absolute atomic E-state index is 12.5. The molecule has 1 N–H and O–H groups in total. The number of halogens is 3. The van der Waals surface area contributed by atoms with E-state index in [0.29, 0.717) is 10.8 Å². The second kappa shape index (κ2) is 5.74. The van der Waals surface area contributed by atoms with Crippen LogP contribution in [-0.2, 0) is 11.3 Å². The Morgan fingerprint density at radius 2 is 2.37 bits per heavy atom. The average molecular weight is 351 g/mol. The summed E-state index contributed by atoms with van der Waals surface area (Å²) in [6, 6.07) is 1.26. The highest BCUT2D eigenvalue weighted by molar-refractivity contribution is 9.11. The van der Waals surface area contributed by atoms with Gasteiger partial charge in [-0.3, -0.25) is 9.48 Å². The molecule has 0 aliphatic heterocycles. The molecule has 102 valence electrons. The summed E-state index contributed by atoms with van der Waals surface area (Å²) in [7, 11) is 0. The summed E-state index contributed by atoms with van der Waals surface area (Å²) >= 11 is 4.49. The molecule has 1 amide bonds. The van der Waals surface area contributed by atoms with Crippen molar-refractivity contribution in [2.75, 3.05) is 5.32 Å². The molecule has 0 aliphatic rings. The Bertz CT molecular complexity index is 598. The molecule has 0 saturated heterocycles. The van der Waals surface area contributed by atoms with Crippen LogP contribution in [0.15, 0.2) is 16.0 Å². The molecular weight excluding hydrogens is 342 g/mol. The zero-order valence-electron chi connectivity index (χ0n) is 9.73. The molecule has 0 radical (unpaired) electrons. The largest absolute Gasteiger partial charge is 0.300 e. The number of hydrogen-bond acceptors (Lipinski definition) is 4. The quantitative estimate of drug-likeness (QED) is 0.921. The van der Waals surface area contributed by atoms with Crippen LogP contribution in [0.3, 0.4) is 0 Å². The number of anilines is 1. The molecule has 2 aromatic rings. The topological polar surface area (TPSA) is 59.8 Å². The number of nitrogens with zero attached hydrogens (tertiary/aromatic N) is 3. The van der Waals surface area contributed by atoms with Crippen molar-refractivity contribution in [1.29, 1.82) is 0 Å². The van der Waals surface area contributed by atoms with Crippen molar-refractivity contribution in [2.24, 2.45) is 0 Å². The van der Waals surface area contributed by atoms with Gasteiger partial charge in [-0.1, -0.05) is 11.3 Å². The highest BCUT2D eigenvalue weighted by atomic mass is 79.9. The number of hydrogen-bond donors (Lipinski definition) is 1. The first-order valence-electron chi connectivity index (χ1n) is 5.19. The van der Waals surface area contributed by atoms with Gasteiger partial charge >= 0.3 is 0 Å². The minimum absolute atomic E-state index is 0.129. The monoisotopic (exact) mass is 350 g/mol. The second-order valence-electron chi connectivity index (χ2n) is 3.69. The van der Waals surface area contributed by atoms with Crippen molar-refractivity contribution in [3.63, 3.8) is 0 Å². The lowest BCUT2D eigenvalue weighted by atomic mass is 10.4. The van der Waals surface area contributed by atoms with Crippen LogP contribution in [0.2, 0.25) is 0 Å². The Balaban J connectivity index is 2.02. The molecule has 0 fully saturated rings. The molecule has 0 unspecified atom stereocenters. The standard InChI is InChI=1S/C10H9BrF2N4OS/c1-5-2-6(9(12)13)16-17(5)4-8(18)15-10-14-3-7(11)19-10/h2-3,9H,4H2,1H3,(H,14,15,18). The van der Waals surface area contributed by atoms with Crippen molar-refractivity contribution in [2.45, 2.75) is 19.9 Å². The number of nitrogens with one attached hydrogen (secondary N) is 1. The molecule has 0 spiro atoms. The summed E-state index contributed by atoms with van der Waals surface area (Å²) in [4.78, 5) is 15.7. The normalized spacial score (nSPS) is 11.0. The van der Waals surface area contributed by atoms with Crippen LogP contribution in [-0.4, -0.2) is 20.7 Å². The van der Waals surface area contributed by atoms with Crippen LogP contribution in [0.4, 0.5) is 13.9 Å². The Labute approximate surface area is 119 Å². The van der Waals surface area contributed by atoms with Gasteiger partial charge in [0.25, 0.3) is 6.43 Å². The van der Waals surface area contributed by atoms with E-state index in [-0.39, 0.29) is 18.1 Å². The summed E-state index contributed by atoms with van der Waals surface area (Å²) in [5, 5.41) is 6.68. The Hall–Kier alpha value is -1.35. The number of alkyl halides is 2. The van der Waals surface area contributed by atoms with Gasteiger partial charge in [0.15, 0.2) is 5.13 Å². The molecule has 0 aliphatic carbocycles. The van der Waals surface area contributed by atoms with Crippen LogP contribution in [0.25, 0.3) is 0 Å². The summed E-state index contributed by atoms with van der Waals surface area (Å²) in [6.07, 6.45) is -1.08. The van der Waals surface area contributed by atoms with Gasteiger partial charge in [0.05, 0.1) is 9.98 Å². The minimum atomic E-state index is -2.64. The first kappa shape index (κ1) is 14.1. The maximum Gasteiger partial charge on any atom is 0.282 e. The first-order chi connectivity index (χ1) is 8.95. The lowest BCUT2D eigenvalue weighted by Crippen LogP contribution is -2.20. The molecule has 0 saturated carbocycles. The van der Waals surface area contributed by atoms with E-state index in [2.05, 4.69) is 31.3 Å². The molecule has 19 heavy (non-hydrogen) atoms. The number of amides is 1. The molecule has 0 aromatic carbocycles. The number of aryl methyl sites for hydroxylation is 1. The van der Waals surface area contributed by atoms with E-state index in [4.69, 9.17) is 0 Å². The molecule has 5 nitrogen and oxygen atoms in total. The van der Waals surface area contributed by atoms with E-state index < -0.39 is 6.43 Å². The lowest BCUT2D eigenvalue weighted by Gasteiger charge is -2.03. The van der Waals surface area contributed by atoms with E-state index in [1.165, 1.54) is 22.1 Å². The number of carbonyl (C=O) groups excluding carboxylic acids is 1. The van der Waals surface area contributed by atoms with Crippen LogP contribution in [0.1, 0.15) is 17.8 Å². The first-order valence-corrected chi connectivity index (χ1v) is 6.80. The lowest BCUT2D eigenvalue weighted by molar-refractivity contribution is -0.117. The number of carbonyl (C=O) groups is 1. The van der Waals surface area contributed by atoms with Gasteiger partial charge in [-0.2, -0.15) is 5.10 Å². The van der Waals surface area contributed by atoms with Gasteiger partial charge in [0.2, 0.25) is 5.91 Å². The fraction of sp³-hybridized carbons (Fsp3) is 0.300. The Morgan fingerprint density at radius 1 is 1.63 bits per heavy atom. The van der Waals surface area contributed by atoms with E-state index in [0.717, 1.165) is 3.79 Å². The number of thiazole rings is 1. The van der Waals surface area contributed by atoms with Crippen LogP contribution in [0, 0.1) is 6.92 Å². The summed E-state index contributed by atoms with van der Waals surface area (Å²) in [5.74, 6) is -0.367. The van der Waals surface area contributed by atoms with Gasteiger partial charge in [0, 0.05) is 5.69 Å². The minimum Gasteiger partial charge on any atom is -0.300 e. The van der Waals surface area contributed by atoms with Crippen molar-refractivity contribution in [3.8, 4) is 0 Å². The van der Waals surface area contributed by atoms with E-state index in [1.54, 1.807) is 13.1 Å². The SMILES string of the molecule is Cc1cc(C(F)F)nn1CC(=O)Nc1ncc(Br)s1. The predicted molar refractivity (Wildman–Crippen MR) is 70.4 cm³/mol. The van der Waals surface area contributed by atoms with E-state index >= 15 is 0 Å². The summed E-state index contributed by atoms with van der Waals surface area (Å²) in [6.45, 7) is 1.49. The average Bonchev–Trinajstić information content (AvgIpc) is 2.86. The molecule has 2 rings (SSSR count).